The fourth-order valence-corrected chi connectivity index (χ4v) is 1.81. The maximum atomic E-state index is 11.4. The number of allylic oxidation sites excluding steroid dienone is 2. The van der Waals surface area contributed by atoms with Crippen molar-refractivity contribution in [1.29, 1.82) is 0 Å². The van der Waals surface area contributed by atoms with Crippen molar-refractivity contribution in [1.82, 2.24) is 0 Å². The highest BCUT2D eigenvalue weighted by Crippen LogP contribution is 2.33. The van der Waals surface area contributed by atoms with E-state index < -0.39 is 0 Å². The number of carbonyl (C=O) groups excluding carboxylic acids is 1. The van der Waals surface area contributed by atoms with E-state index in [-0.39, 0.29) is 5.41 Å². The average molecular weight is 180 g/mol. The Morgan fingerprint density at radius 1 is 1.31 bits per heavy atom. The molecular formula is C12H20O. The summed E-state index contributed by atoms with van der Waals surface area (Å²) in [6.07, 6.45) is 8.42. The molecule has 0 saturated heterocycles. The molecule has 0 atom stereocenters. The van der Waals surface area contributed by atoms with Crippen LogP contribution in [-0.4, -0.2) is 5.78 Å². The summed E-state index contributed by atoms with van der Waals surface area (Å²) in [7, 11) is 0. The molecule has 0 unspecified atom stereocenters. The number of rotatable bonds is 2. The van der Waals surface area contributed by atoms with Gasteiger partial charge in [0.2, 0.25) is 0 Å². The minimum Gasteiger partial charge on any atom is -0.299 e. The zero-order valence-corrected chi connectivity index (χ0v) is 9.02. The second-order valence-corrected chi connectivity index (χ2v) is 4.51. The summed E-state index contributed by atoms with van der Waals surface area (Å²) in [5.41, 5.74) is 1.14. The van der Waals surface area contributed by atoms with E-state index in [0.717, 1.165) is 12.8 Å². The van der Waals surface area contributed by atoms with E-state index in [1.807, 2.05) is 13.8 Å². The Bertz CT molecular complexity index is 223. The van der Waals surface area contributed by atoms with Crippen LogP contribution in [0.4, 0.5) is 0 Å². The zero-order valence-electron chi connectivity index (χ0n) is 9.02. The molecule has 0 N–H and O–H groups in total. The Morgan fingerprint density at radius 3 is 2.62 bits per heavy atom. The molecule has 1 heteroatoms. The molecule has 1 rings (SSSR count). The first kappa shape index (κ1) is 10.5. The van der Waals surface area contributed by atoms with Gasteiger partial charge in [0.15, 0.2) is 0 Å². The molecule has 0 bridgehead atoms. The number of Topliss-reactive ketones (excluding diaryl/α,β-unsaturated/α-hetero) is 1. The molecule has 0 amide bonds. The molecule has 0 radical (unpaired) electrons. The third-order valence-corrected chi connectivity index (χ3v) is 3.22. The fraction of sp³-hybridized carbons (Fsp3) is 0.750. The van der Waals surface area contributed by atoms with Gasteiger partial charge in [0.25, 0.3) is 0 Å². The van der Waals surface area contributed by atoms with Gasteiger partial charge in [0.1, 0.15) is 5.78 Å². The quantitative estimate of drug-likeness (QED) is 0.594. The fourth-order valence-electron chi connectivity index (χ4n) is 1.81. The predicted molar refractivity (Wildman–Crippen MR) is 55.6 cm³/mol. The lowest BCUT2D eigenvalue weighted by atomic mass is 9.78. The van der Waals surface area contributed by atoms with Crippen LogP contribution in [0.5, 0.6) is 0 Å². The Hall–Kier alpha value is -0.590. The van der Waals surface area contributed by atoms with Crippen molar-refractivity contribution in [2.45, 2.75) is 52.9 Å². The van der Waals surface area contributed by atoms with Crippen LogP contribution in [-0.2, 0) is 4.79 Å². The van der Waals surface area contributed by atoms with E-state index in [1.54, 1.807) is 6.92 Å². The Balaban J connectivity index is 2.78. The Kier molecular flexibility index (Phi) is 3.29. The van der Waals surface area contributed by atoms with E-state index in [1.165, 1.54) is 24.8 Å². The molecule has 0 spiro atoms. The second-order valence-electron chi connectivity index (χ2n) is 4.51. The van der Waals surface area contributed by atoms with Gasteiger partial charge in [-0.15, -0.1) is 0 Å². The first-order valence-electron chi connectivity index (χ1n) is 5.25. The minimum atomic E-state index is -0.218. The van der Waals surface area contributed by atoms with Gasteiger partial charge in [-0.05, 0) is 46.5 Å². The standard InChI is InChI=1S/C12H20O/c1-10(13)12(2,3)11-8-6-4-5-7-9-11/h8H,4-7,9H2,1-3H3. The molecule has 0 fully saturated rings. The molecule has 0 heterocycles. The highest BCUT2D eigenvalue weighted by atomic mass is 16.1. The number of ketones is 1. The van der Waals surface area contributed by atoms with Crippen molar-refractivity contribution >= 4 is 5.78 Å². The lowest BCUT2D eigenvalue weighted by Crippen LogP contribution is -2.23. The van der Waals surface area contributed by atoms with Crippen LogP contribution in [0, 0.1) is 5.41 Å². The molecule has 0 aliphatic heterocycles. The summed E-state index contributed by atoms with van der Waals surface area (Å²) in [5.74, 6) is 0.292. The van der Waals surface area contributed by atoms with Gasteiger partial charge in [0.05, 0.1) is 0 Å². The topological polar surface area (TPSA) is 17.1 Å². The van der Waals surface area contributed by atoms with E-state index >= 15 is 0 Å². The SMILES string of the molecule is CC(=O)C(C)(C)C1=CCCCCC1. The maximum absolute atomic E-state index is 11.4. The molecular weight excluding hydrogens is 160 g/mol. The van der Waals surface area contributed by atoms with E-state index in [4.69, 9.17) is 0 Å². The smallest absolute Gasteiger partial charge is 0.139 e. The van der Waals surface area contributed by atoms with Crippen LogP contribution in [0.3, 0.4) is 0 Å². The van der Waals surface area contributed by atoms with Gasteiger partial charge in [-0.1, -0.05) is 18.1 Å². The lowest BCUT2D eigenvalue weighted by molar-refractivity contribution is -0.123. The van der Waals surface area contributed by atoms with Crippen LogP contribution in [0.1, 0.15) is 52.9 Å². The average Bonchev–Trinajstić information content (AvgIpc) is 2.31. The molecule has 0 aromatic heterocycles. The number of hydrogen-bond acceptors (Lipinski definition) is 1. The predicted octanol–water partition coefficient (Wildman–Crippen LogP) is 3.49. The number of hydrogen-bond donors (Lipinski definition) is 0. The molecule has 1 aliphatic carbocycles. The molecule has 1 aliphatic rings. The summed E-state index contributed by atoms with van der Waals surface area (Å²) in [6, 6.07) is 0. The van der Waals surface area contributed by atoms with Gasteiger partial charge in [-0.2, -0.15) is 0 Å². The monoisotopic (exact) mass is 180 g/mol. The molecule has 1 nitrogen and oxygen atoms in total. The Labute approximate surface area is 81.2 Å². The van der Waals surface area contributed by atoms with Crippen LogP contribution in [0.15, 0.2) is 11.6 Å². The third-order valence-electron chi connectivity index (χ3n) is 3.22. The molecule has 0 aromatic carbocycles. The zero-order chi connectivity index (χ0) is 9.90. The van der Waals surface area contributed by atoms with Crippen molar-refractivity contribution in [2.75, 3.05) is 0 Å². The van der Waals surface area contributed by atoms with Gasteiger partial charge in [-0.25, -0.2) is 0 Å². The second kappa shape index (κ2) is 4.08. The van der Waals surface area contributed by atoms with Crippen molar-refractivity contribution < 1.29 is 4.79 Å². The Morgan fingerprint density at radius 2 is 2.00 bits per heavy atom. The van der Waals surface area contributed by atoms with Crippen molar-refractivity contribution in [3.05, 3.63) is 11.6 Å². The van der Waals surface area contributed by atoms with Crippen molar-refractivity contribution in [2.24, 2.45) is 5.41 Å². The van der Waals surface area contributed by atoms with E-state index in [0.29, 0.717) is 5.78 Å². The van der Waals surface area contributed by atoms with Gasteiger partial charge in [0, 0.05) is 5.41 Å². The first-order chi connectivity index (χ1) is 6.05. The van der Waals surface area contributed by atoms with Gasteiger partial charge >= 0.3 is 0 Å². The van der Waals surface area contributed by atoms with Crippen molar-refractivity contribution in [3.8, 4) is 0 Å². The van der Waals surface area contributed by atoms with Gasteiger partial charge < -0.3 is 0 Å². The minimum absolute atomic E-state index is 0.218. The third kappa shape index (κ3) is 2.43. The highest BCUT2D eigenvalue weighted by molar-refractivity contribution is 5.84. The van der Waals surface area contributed by atoms with Crippen LogP contribution >= 0.6 is 0 Å². The molecule has 74 valence electrons. The summed E-state index contributed by atoms with van der Waals surface area (Å²) < 4.78 is 0. The maximum Gasteiger partial charge on any atom is 0.139 e. The summed E-state index contributed by atoms with van der Waals surface area (Å²) in [5, 5.41) is 0. The summed E-state index contributed by atoms with van der Waals surface area (Å²) >= 11 is 0. The summed E-state index contributed by atoms with van der Waals surface area (Å²) in [4.78, 5) is 11.4. The van der Waals surface area contributed by atoms with Crippen LogP contribution < -0.4 is 0 Å². The van der Waals surface area contributed by atoms with Crippen molar-refractivity contribution in [3.63, 3.8) is 0 Å². The normalized spacial score (nSPS) is 19.2. The van der Waals surface area contributed by atoms with Gasteiger partial charge in [-0.3, -0.25) is 4.79 Å². The highest BCUT2D eigenvalue weighted by Gasteiger charge is 2.28. The summed E-state index contributed by atoms with van der Waals surface area (Å²) in [6.45, 7) is 5.80. The first-order valence-corrected chi connectivity index (χ1v) is 5.25. The lowest BCUT2D eigenvalue weighted by Gasteiger charge is -2.24. The molecule has 0 saturated carbocycles. The van der Waals surface area contributed by atoms with Crippen LogP contribution in [0.25, 0.3) is 0 Å². The molecule has 0 aromatic rings. The van der Waals surface area contributed by atoms with E-state index in [2.05, 4.69) is 6.08 Å². The molecule has 13 heavy (non-hydrogen) atoms. The largest absolute Gasteiger partial charge is 0.299 e. The van der Waals surface area contributed by atoms with E-state index in [9.17, 15) is 4.79 Å². The van der Waals surface area contributed by atoms with Crippen LogP contribution in [0.2, 0.25) is 0 Å². The number of carbonyl (C=O) groups is 1.